The van der Waals surface area contributed by atoms with Gasteiger partial charge in [0.25, 0.3) is 0 Å². The van der Waals surface area contributed by atoms with Gasteiger partial charge in [-0.2, -0.15) is 0 Å². The molecule has 0 bridgehead atoms. The normalized spacial score (nSPS) is 10.1. The molecule has 0 unspecified atom stereocenters. The summed E-state index contributed by atoms with van der Waals surface area (Å²) < 4.78 is 0. The third-order valence-corrected chi connectivity index (χ3v) is 2.00. The van der Waals surface area contributed by atoms with Gasteiger partial charge in [-0.05, 0) is 18.6 Å². The van der Waals surface area contributed by atoms with Crippen LogP contribution in [0.5, 0.6) is 0 Å². The molecule has 1 aromatic rings. The average molecular weight is 224 g/mol. The highest BCUT2D eigenvalue weighted by Crippen LogP contribution is 2.05. The van der Waals surface area contributed by atoms with Crippen LogP contribution in [0.3, 0.4) is 0 Å². The molecule has 0 spiro atoms. The van der Waals surface area contributed by atoms with Crippen LogP contribution < -0.4 is 5.32 Å². The molecule has 0 aliphatic heterocycles. The van der Waals surface area contributed by atoms with Crippen LogP contribution in [0.15, 0.2) is 24.4 Å². The molecule has 0 radical (unpaired) electrons. The Labute approximate surface area is 91.9 Å². The van der Waals surface area contributed by atoms with Gasteiger partial charge in [0.15, 0.2) is 5.92 Å². The lowest BCUT2D eigenvalue weighted by molar-refractivity contribution is -0.154. The molecule has 0 aliphatic carbocycles. The van der Waals surface area contributed by atoms with Crippen LogP contribution in [0.4, 0.5) is 5.82 Å². The molecule has 0 amide bonds. The third-order valence-electron chi connectivity index (χ3n) is 2.00. The van der Waals surface area contributed by atoms with Crippen LogP contribution in [0.25, 0.3) is 0 Å². The molecule has 3 N–H and O–H groups in total. The van der Waals surface area contributed by atoms with Gasteiger partial charge in [-0.15, -0.1) is 0 Å². The quantitative estimate of drug-likeness (QED) is 0.614. The molecular formula is C10H12N2O4. The van der Waals surface area contributed by atoms with E-state index in [4.69, 9.17) is 10.2 Å². The van der Waals surface area contributed by atoms with Crippen molar-refractivity contribution < 1.29 is 19.8 Å². The highest BCUT2D eigenvalue weighted by Gasteiger charge is 2.24. The van der Waals surface area contributed by atoms with Crippen molar-refractivity contribution in [3.8, 4) is 0 Å². The van der Waals surface area contributed by atoms with Crippen LogP contribution in [-0.2, 0) is 9.59 Å². The smallest absolute Gasteiger partial charge is 0.317 e. The number of pyridine rings is 1. The molecule has 0 saturated carbocycles. The molecule has 6 nitrogen and oxygen atoms in total. The van der Waals surface area contributed by atoms with E-state index in [2.05, 4.69) is 10.3 Å². The van der Waals surface area contributed by atoms with E-state index in [1.165, 1.54) is 0 Å². The van der Waals surface area contributed by atoms with Crippen LogP contribution in [0.1, 0.15) is 6.42 Å². The largest absolute Gasteiger partial charge is 0.481 e. The second-order valence-corrected chi connectivity index (χ2v) is 3.16. The Kier molecular flexibility index (Phi) is 4.26. The minimum atomic E-state index is -1.38. The Morgan fingerprint density at radius 1 is 1.31 bits per heavy atom. The Morgan fingerprint density at radius 3 is 2.50 bits per heavy atom. The fourth-order valence-electron chi connectivity index (χ4n) is 1.16. The maximum Gasteiger partial charge on any atom is 0.317 e. The molecule has 16 heavy (non-hydrogen) atoms. The lowest BCUT2D eigenvalue weighted by Crippen LogP contribution is -2.25. The fraction of sp³-hybridized carbons (Fsp3) is 0.300. The van der Waals surface area contributed by atoms with Crippen LogP contribution >= 0.6 is 0 Å². The molecule has 1 rings (SSSR count). The van der Waals surface area contributed by atoms with E-state index >= 15 is 0 Å². The number of carboxylic acid groups (broad SMARTS) is 2. The van der Waals surface area contributed by atoms with Crippen LogP contribution in [0, 0.1) is 5.92 Å². The molecule has 6 heteroatoms. The van der Waals surface area contributed by atoms with E-state index in [0.29, 0.717) is 5.82 Å². The van der Waals surface area contributed by atoms with E-state index in [-0.39, 0.29) is 13.0 Å². The summed E-state index contributed by atoms with van der Waals surface area (Å²) in [6.07, 6.45) is 1.61. The first-order valence-corrected chi connectivity index (χ1v) is 4.72. The lowest BCUT2D eigenvalue weighted by Gasteiger charge is -2.08. The minimum absolute atomic E-state index is 0.0151. The van der Waals surface area contributed by atoms with E-state index in [0.717, 1.165) is 0 Å². The van der Waals surface area contributed by atoms with E-state index in [1.54, 1.807) is 24.4 Å². The first-order valence-electron chi connectivity index (χ1n) is 4.72. The zero-order chi connectivity index (χ0) is 12.0. The number of carbonyl (C=O) groups is 2. The Hall–Kier alpha value is -2.11. The van der Waals surface area contributed by atoms with Crippen molar-refractivity contribution in [2.24, 2.45) is 5.92 Å². The summed E-state index contributed by atoms with van der Waals surface area (Å²) in [7, 11) is 0. The highest BCUT2D eigenvalue weighted by molar-refractivity contribution is 5.92. The first kappa shape index (κ1) is 12.0. The van der Waals surface area contributed by atoms with Crippen molar-refractivity contribution in [1.29, 1.82) is 0 Å². The monoisotopic (exact) mass is 224 g/mol. The Balaban J connectivity index is 2.40. The number of aromatic nitrogens is 1. The lowest BCUT2D eigenvalue weighted by atomic mass is 10.1. The summed E-state index contributed by atoms with van der Waals surface area (Å²) in [4.78, 5) is 25.1. The van der Waals surface area contributed by atoms with E-state index < -0.39 is 17.9 Å². The van der Waals surface area contributed by atoms with Gasteiger partial charge in [0.05, 0.1) is 0 Å². The van der Waals surface area contributed by atoms with Crippen molar-refractivity contribution >= 4 is 17.8 Å². The third kappa shape index (κ3) is 3.56. The second-order valence-electron chi connectivity index (χ2n) is 3.16. The Morgan fingerprint density at radius 2 is 2.00 bits per heavy atom. The number of hydrogen-bond acceptors (Lipinski definition) is 4. The fourth-order valence-corrected chi connectivity index (χ4v) is 1.16. The average Bonchev–Trinajstić information content (AvgIpc) is 2.24. The summed E-state index contributed by atoms with van der Waals surface area (Å²) in [5.74, 6) is -3.43. The molecule has 0 aromatic carbocycles. The predicted molar refractivity (Wildman–Crippen MR) is 56.1 cm³/mol. The van der Waals surface area contributed by atoms with Gasteiger partial charge in [0.2, 0.25) is 0 Å². The highest BCUT2D eigenvalue weighted by atomic mass is 16.4. The van der Waals surface area contributed by atoms with E-state index in [9.17, 15) is 9.59 Å². The van der Waals surface area contributed by atoms with Crippen molar-refractivity contribution in [1.82, 2.24) is 4.98 Å². The van der Waals surface area contributed by atoms with Crippen LogP contribution in [-0.4, -0.2) is 33.7 Å². The van der Waals surface area contributed by atoms with Gasteiger partial charge < -0.3 is 15.5 Å². The number of carboxylic acids is 2. The minimum Gasteiger partial charge on any atom is -0.481 e. The van der Waals surface area contributed by atoms with Gasteiger partial charge in [0.1, 0.15) is 5.82 Å². The molecule has 0 aliphatic rings. The van der Waals surface area contributed by atoms with Crippen molar-refractivity contribution in [3.63, 3.8) is 0 Å². The number of rotatable bonds is 6. The number of hydrogen-bond donors (Lipinski definition) is 3. The standard InChI is InChI=1S/C10H12N2O4/c13-9(14)7(10(15)16)4-6-12-8-3-1-2-5-11-8/h1-3,5,7H,4,6H2,(H,11,12)(H,13,14)(H,15,16). The topological polar surface area (TPSA) is 99.5 Å². The van der Waals surface area contributed by atoms with Gasteiger partial charge in [0, 0.05) is 12.7 Å². The molecular weight excluding hydrogens is 212 g/mol. The molecule has 1 aromatic heterocycles. The summed E-state index contributed by atoms with van der Waals surface area (Å²) in [5, 5.41) is 20.1. The maximum atomic E-state index is 10.6. The molecule has 1 heterocycles. The SMILES string of the molecule is O=C(O)C(CCNc1ccccn1)C(=O)O. The van der Waals surface area contributed by atoms with Gasteiger partial charge in [-0.3, -0.25) is 9.59 Å². The molecule has 86 valence electrons. The number of aliphatic carboxylic acids is 2. The predicted octanol–water partition coefficient (Wildman–Crippen LogP) is 0.669. The zero-order valence-corrected chi connectivity index (χ0v) is 8.46. The summed E-state index contributed by atoms with van der Waals surface area (Å²) in [5.41, 5.74) is 0. The summed E-state index contributed by atoms with van der Waals surface area (Å²) >= 11 is 0. The van der Waals surface area contributed by atoms with Crippen molar-refractivity contribution in [2.45, 2.75) is 6.42 Å². The van der Waals surface area contributed by atoms with Gasteiger partial charge >= 0.3 is 11.9 Å². The molecule has 0 fully saturated rings. The molecule has 0 atom stereocenters. The first-order chi connectivity index (χ1) is 7.61. The summed E-state index contributed by atoms with van der Waals surface area (Å²) in [6.45, 7) is 0.250. The van der Waals surface area contributed by atoms with Gasteiger partial charge in [-0.1, -0.05) is 6.07 Å². The van der Waals surface area contributed by atoms with Crippen LogP contribution in [0.2, 0.25) is 0 Å². The van der Waals surface area contributed by atoms with E-state index in [1.807, 2.05) is 0 Å². The maximum absolute atomic E-state index is 10.6. The number of nitrogens with zero attached hydrogens (tertiary/aromatic N) is 1. The van der Waals surface area contributed by atoms with Crippen molar-refractivity contribution in [3.05, 3.63) is 24.4 Å². The van der Waals surface area contributed by atoms with Crippen molar-refractivity contribution in [2.75, 3.05) is 11.9 Å². The second kappa shape index (κ2) is 5.69. The molecule has 0 saturated heterocycles. The summed E-state index contributed by atoms with van der Waals surface area (Å²) in [6, 6.07) is 5.25. The number of nitrogens with one attached hydrogen (secondary N) is 1. The number of anilines is 1. The van der Waals surface area contributed by atoms with Gasteiger partial charge in [-0.25, -0.2) is 4.98 Å². The zero-order valence-electron chi connectivity index (χ0n) is 8.46. The Bertz CT molecular complexity index is 352.